The van der Waals surface area contributed by atoms with E-state index in [2.05, 4.69) is 29.0 Å². The summed E-state index contributed by atoms with van der Waals surface area (Å²) >= 11 is 0. The zero-order valence-corrected chi connectivity index (χ0v) is 13.6. The van der Waals surface area contributed by atoms with Crippen LogP contribution < -0.4 is 16.4 Å². The van der Waals surface area contributed by atoms with Gasteiger partial charge in [0, 0.05) is 30.3 Å². The van der Waals surface area contributed by atoms with Crippen LogP contribution in [0.15, 0.2) is 35.4 Å². The van der Waals surface area contributed by atoms with E-state index >= 15 is 0 Å². The van der Waals surface area contributed by atoms with Gasteiger partial charge in [-0.3, -0.25) is 0 Å². The third-order valence-corrected chi connectivity index (χ3v) is 5.28. The van der Waals surface area contributed by atoms with Gasteiger partial charge in [0.2, 0.25) is 0 Å². The molecule has 22 heavy (non-hydrogen) atoms. The average Bonchev–Trinajstić information content (AvgIpc) is 2.95. The van der Waals surface area contributed by atoms with Crippen LogP contribution in [0.1, 0.15) is 38.5 Å². The molecule has 1 atom stereocenters. The highest BCUT2D eigenvalue weighted by Gasteiger charge is 2.27. The molecule has 4 heteroatoms. The smallest absolute Gasteiger partial charge is 0.0966 e. The van der Waals surface area contributed by atoms with Gasteiger partial charge in [-0.1, -0.05) is 0 Å². The molecule has 0 saturated heterocycles. The Morgan fingerprint density at radius 3 is 2.86 bits per heavy atom. The van der Waals surface area contributed by atoms with Gasteiger partial charge in [0.1, 0.15) is 0 Å². The number of methoxy groups -OCH3 is 1. The highest BCUT2D eigenvalue weighted by Crippen LogP contribution is 2.35. The molecule has 1 heterocycles. The van der Waals surface area contributed by atoms with E-state index in [0.29, 0.717) is 12.0 Å². The van der Waals surface area contributed by atoms with E-state index in [1.807, 2.05) is 0 Å². The van der Waals surface area contributed by atoms with Crippen molar-refractivity contribution in [2.24, 2.45) is 17.6 Å². The van der Waals surface area contributed by atoms with Crippen molar-refractivity contribution >= 4 is 0 Å². The van der Waals surface area contributed by atoms with E-state index < -0.39 is 0 Å². The van der Waals surface area contributed by atoms with Gasteiger partial charge in [0.25, 0.3) is 0 Å². The molecule has 0 bridgehead atoms. The number of rotatable bonds is 6. The molecule has 1 saturated carbocycles. The van der Waals surface area contributed by atoms with Crippen LogP contribution in [0.25, 0.3) is 0 Å². The Balaban J connectivity index is 1.38. The predicted octanol–water partition coefficient (Wildman–Crippen LogP) is 2.40. The lowest BCUT2D eigenvalue weighted by Crippen LogP contribution is -2.32. The van der Waals surface area contributed by atoms with Crippen molar-refractivity contribution in [2.45, 2.75) is 44.6 Å². The fraction of sp³-hybridized carbons (Fsp3) is 0.667. The van der Waals surface area contributed by atoms with Gasteiger partial charge in [-0.05, 0) is 68.8 Å². The zero-order valence-electron chi connectivity index (χ0n) is 13.6. The second-order valence-corrected chi connectivity index (χ2v) is 6.81. The Hall–Kier alpha value is -1.26. The molecule has 4 N–H and O–H groups in total. The molecular weight excluding hydrogens is 274 g/mol. The number of ether oxygens (including phenoxy) is 1. The molecule has 0 aromatic heterocycles. The topological polar surface area (TPSA) is 59.3 Å². The fourth-order valence-electron chi connectivity index (χ4n) is 3.76. The minimum atomic E-state index is 0.450. The summed E-state index contributed by atoms with van der Waals surface area (Å²) < 4.78 is 5.40. The van der Waals surface area contributed by atoms with Crippen LogP contribution in [-0.4, -0.2) is 26.2 Å². The second-order valence-electron chi connectivity index (χ2n) is 6.81. The van der Waals surface area contributed by atoms with Crippen LogP contribution in [0, 0.1) is 11.8 Å². The van der Waals surface area contributed by atoms with Crippen molar-refractivity contribution in [1.29, 1.82) is 0 Å². The SMILES string of the molecule is COC1=CC=C2NC=C(CCNCC3CCC(N)CC3)C2C1. The van der Waals surface area contributed by atoms with E-state index in [0.717, 1.165) is 37.6 Å². The molecule has 0 aromatic carbocycles. The summed E-state index contributed by atoms with van der Waals surface area (Å²) in [5.74, 6) is 2.40. The van der Waals surface area contributed by atoms with E-state index in [1.165, 1.54) is 37.0 Å². The van der Waals surface area contributed by atoms with Gasteiger partial charge in [-0.2, -0.15) is 0 Å². The van der Waals surface area contributed by atoms with Crippen LogP contribution in [0.2, 0.25) is 0 Å². The summed E-state index contributed by atoms with van der Waals surface area (Å²) in [6, 6.07) is 0.450. The molecule has 0 amide bonds. The second kappa shape index (κ2) is 7.34. The number of nitrogens with one attached hydrogen (secondary N) is 2. The first kappa shape index (κ1) is 15.6. The third-order valence-electron chi connectivity index (χ3n) is 5.28. The number of nitrogens with two attached hydrogens (primary N) is 1. The summed E-state index contributed by atoms with van der Waals surface area (Å²) in [5, 5.41) is 7.05. The standard InChI is InChI=1S/C18H29N3O/c1-22-16-6-7-18-17(10-16)14(12-21-18)8-9-20-11-13-2-4-15(19)5-3-13/h6-7,12-13,15,17,20-21H,2-5,8-11,19H2,1H3. The van der Waals surface area contributed by atoms with Gasteiger partial charge in [-0.15, -0.1) is 0 Å². The van der Waals surface area contributed by atoms with Gasteiger partial charge in [-0.25, -0.2) is 0 Å². The summed E-state index contributed by atoms with van der Waals surface area (Å²) in [4.78, 5) is 0. The summed E-state index contributed by atoms with van der Waals surface area (Å²) in [6.07, 6.45) is 13.5. The molecular formula is C18H29N3O. The van der Waals surface area contributed by atoms with Gasteiger partial charge < -0.3 is 21.1 Å². The maximum absolute atomic E-state index is 5.96. The van der Waals surface area contributed by atoms with Crippen molar-refractivity contribution in [1.82, 2.24) is 10.6 Å². The minimum absolute atomic E-state index is 0.450. The van der Waals surface area contributed by atoms with Crippen molar-refractivity contribution < 1.29 is 4.74 Å². The van der Waals surface area contributed by atoms with Crippen LogP contribution in [-0.2, 0) is 4.74 Å². The van der Waals surface area contributed by atoms with Gasteiger partial charge >= 0.3 is 0 Å². The Kier molecular flexibility index (Phi) is 5.21. The summed E-state index contributed by atoms with van der Waals surface area (Å²) in [5.41, 5.74) is 8.77. The maximum Gasteiger partial charge on any atom is 0.0966 e. The Morgan fingerprint density at radius 1 is 1.27 bits per heavy atom. The summed E-state index contributed by atoms with van der Waals surface area (Å²) in [6.45, 7) is 2.20. The Labute approximate surface area is 133 Å². The van der Waals surface area contributed by atoms with Crippen molar-refractivity contribution in [3.63, 3.8) is 0 Å². The first-order valence-corrected chi connectivity index (χ1v) is 8.62. The first-order valence-electron chi connectivity index (χ1n) is 8.62. The third kappa shape index (κ3) is 3.73. The summed E-state index contributed by atoms with van der Waals surface area (Å²) in [7, 11) is 1.76. The van der Waals surface area contributed by atoms with Crippen molar-refractivity contribution in [2.75, 3.05) is 20.2 Å². The van der Waals surface area contributed by atoms with E-state index in [4.69, 9.17) is 10.5 Å². The largest absolute Gasteiger partial charge is 0.501 e. The normalized spacial score (nSPS) is 30.8. The highest BCUT2D eigenvalue weighted by molar-refractivity contribution is 5.36. The Bertz CT molecular complexity index is 473. The highest BCUT2D eigenvalue weighted by atomic mass is 16.5. The number of fused-ring (bicyclic) bond motifs is 1. The lowest BCUT2D eigenvalue weighted by atomic mass is 9.86. The van der Waals surface area contributed by atoms with Crippen molar-refractivity contribution in [3.05, 3.63) is 35.4 Å². The molecule has 122 valence electrons. The van der Waals surface area contributed by atoms with Crippen LogP contribution in [0.4, 0.5) is 0 Å². The molecule has 0 spiro atoms. The van der Waals surface area contributed by atoms with E-state index in [9.17, 15) is 0 Å². The predicted molar refractivity (Wildman–Crippen MR) is 89.9 cm³/mol. The number of hydrogen-bond acceptors (Lipinski definition) is 4. The quantitative estimate of drug-likeness (QED) is 0.660. The molecule has 3 aliphatic rings. The lowest BCUT2D eigenvalue weighted by Gasteiger charge is -2.26. The monoisotopic (exact) mass is 303 g/mol. The number of hydrogen-bond donors (Lipinski definition) is 3. The lowest BCUT2D eigenvalue weighted by molar-refractivity contribution is 0.266. The molecule has 1 unspecified atom stereocenters. The molecule has 2 aliphatic carbocycles. The van der Waals surface area contributed by atoms with Crippen LogP contribution in [0.3, 0.4) is 0 Å². The van der Waals surface area contributed by atoms with Crippen LogP contribution >= 0.6 is 0 Å². The number of allylic oxidation sites excluding steroid dienone is 4. The van der Waals surface area contributed by atoms with Gasteiger partial charge in [0.15, 0.2) is 0 Å². The average molecular weight is 303 g/mol. The van der Waals surface area contributed by atoms with Gasteiger partial charge in [0.05, 0.1) is 12.9 Å². The molecule has 3 rings (SSSR count). The molecule has 1 fully saturated rings. The maximum atomic E-state index is 5.96. The minimum Gasteiger partial charge on any atom is -0.501 e. The molecule has 0 radical (unpaired) electrons. The fourth-order valence-corrected chi connectivity index (χ4v) is 3.76. The van der Waals surface area contributed by atoms with E-state index in [1.54, 1.807) is 7.11 Å². The zero-order chi connectivity index (χ0) is 15.4. The Morgan fingerprint density at radius 2 is 2.09 bits per heavy atom. The molecule has 4 nitrogen and oxygen atoms in total. The first-order chi connectivity index (χ1) is 10.8. The molecule has 0 aromatic rings. The van der Waals surface area contributed by atoms with Crippen LogP contribution in [0.5, 0.6) is 0 Å². The van der Waals surface area contributed by atoms with Crippen molar-refractivity contribution in [3.8, 4) is 0 Å². The molecule has 1 aliphatic heterocycles. The van der Waals surface area contributed by atoms with E-state index in [-0.39, 0.29) is 0 Å².